The Hall–Kier alpha value is -0.0700. The molecule has 0 saturated carbocycles. The summed E-state index contributed by atoms with van der Waals surface area (Å²) in [4.78, 5) is 1.27. The van der Waals surface area contributed by atoms with E-state index < -0.39 is 8.46 Å². The summed E-state index contributed by atoms with van der Waals surface area (Å²) in [6, 6.07) is 6.42. The van der Waals surface area contributed by atoms with Crippen LogP contribution in [0.15, 0.2) is 44.5 Å². The summed E-state index contributed by atoms with van der Waals surface area (Å²) < 4.78 is 11.6. The normalized spacial score (nSPS) is 25.2. The minimum Gasteiger partial charge on any atom is -0.380 e. The van der Waals surface area contributed by atoms with E-state index in [0.29, 0.717) is 13.2 Å². The van der Waals surface area contributed by atoms with E-state index in [1.807, 2.05) is 0 Å². The molecule has 0 aromatic heterocycles. The van der Waals surface area contributed by atoms with E-state index in [1.165, 1.54) is 16.0 Å². The Bertz CT molecular complexity index is 528. The van der Waals surface area contributed by atoms with Crippen LogP contribution in [-0.4, -0.2) is 14.2 Å². The Balaban J connectivity index is 2.46. The van der Waals surface area contributed by atoms with E-state index in [2.05, 4.69) is 65.8 Å². The smallest absolute Gasteiger partial charge is 0.0723 e. The number of benzene rings is 1. The van der Waals surface area contributed by atoms with Gasteiger partial charge in [0, 0.05) is 23.6 Å². The highest BCUT2D eigenvalue weighted by atomic mass is 79.9. The van der Waals surface area contributed by atoms with Crippen molar-refractivity contribution in [1.29, 1.82) is 0 Å². The number of hydrogen-bond acceptors (Lipinski definition) is 2. The van der Waals surface area contributed by atoms with Crippen LogP contribution in [0.4, 0.5) is 0 Å². The highest BCUT2D eigenvalue weighted by molar-refractivity contribution is 9.59. The van der Waals surface area contributed by atoms with Gasteiger partial charge < -0.3 is 9.47 Å². The molecule has 1 aliphatic rings. The van der Waals surface area contributed by atoms with Crippen molar-refractivity contribution in [3.05, 3.63) is 50.7 Å². The van der Waals surface area contributed by atoms with Crippen LogP contribution in [0.25, 0.3) is 0 Å². The molecular weight excluding hydrogens is 392 g/mol. The predicted octanol–water partition coefficient (Wildman–Crippen LogP) is 5.22. The third-order valence-corrected chi connectivity index (χ3v) is 8.02. The van der Waals surface area contributed by atoms with Crippen LogP contribution in [-0.2, 0) is 22.7 Å². The number of ether oxygens (including phenoxy) is 2. The molecule has 19 heavy (non-hydrogen) atoms. The fourth-order valence-corrected chi connectivity index (χ4v) is 7.70. The average molecular weight is 408 g/mol. The monoisotopic (exact) mass is 406 g/mol. The summed E-state index contributed by atoms with van der Waals surface area (Å²) >= 11 is 7.43. The van der Waals surface area contributed by atoms with Gasteiger partial charge >= 0.3 is 0 Å². The van der Waals surface area contributed by atoms with E-state index >= 15 is 0 Å². The first kappa shape index (κ1) is 15.3. The molecular formula is C14H16Br2O2S. The summed E-state index contributed by atoms with van der Waals surface area (Å²) in [7, 11) is 2.20. The third kappa shape index (κ3) is 3.52. The zero-order valence-electron chi connectivity index (χ0n) is 10.9. The largest absolute Gasteiger partial charge is 0.380 e. The molecule has 1 aromatic rings. The second kappa shape index (κ2) is 6.59. The van der Waals surface area contributed by atoms with Gasteiger partial charge in [0.1, 0.15) is 0 Å². The lowest BCUT2D eigenvalue weighted by Crippen LogP contribution is -1.98. The number of methoxy groups -OCH3 is 2. The maximum Gasteiger partial charge on any atom is 0.0723 e. The molecule has 104 valence electrons. The van der Waals surface area contributed by atoms with Gasteiger partial charge in [-0.25, -0.2) is 0 Å². The lowest BCUT2D eigenvalue weighted by Gasteiger charge is -2.27. The van der Waals surface area contributed by atoms with E-state index in [9.17, 15) is 0 Å². The zero-order valence-corrected chi connectivity index (χ0v) is 14.8. The van der Waals surface area contributed by atoms with Crippen LogP contribution in [0.5, 0.6) is 0 Å². The Morgan fingerprint density at radius 3 is 2.47 bits per heavy atom. The van der Waals surface area contributed by atoms with Crippen molar-refractivity contribution >= 4 is 39.2 Å². The maximum atomic E-state index is 5.30. The molecule has 1 aromatic carbocycles. The minimum absolute atomic E-state index is 0.613. The van der Waals surface area contributed by atoms with Gasteiger partial charge in [0.15, 0.2) is 0 Å². The van der Waals surface area contributed by atoms with Crippen molar-refractivity contribution < 1.29 is 9.47 Å². The fraction of sp³-hybridized carbons (Fsp3) is 0.286. The molecule has 5 heteroatoms. The van der Waals surface area contributed by atoms with Gasteiger partial charge in [-0.1, -0.05) is 28.1 Å². The highest BCUT2D eigenvalue weighted by Crippen LogP contribution is 2.69. The summed E-state index contributed by atoms with van der Waals surface area (Å²) in [5.41, 5.74) is 2.38. The van der Waals surface area contributed by atoms with Crippen molar-refractivity contribution in [2.45, 2.75) is 18.1 Å². The Morgan fingerprint density at radius 1 is 1.16 bits per heavy atom. The second-order valence-corrected chi connectivity index (χ2v) is 10.6. The van der Waals surface area contributed by atoms with Gasteiger partial charge in [-0.3, -0.25) is 0 Å². The Kier molecular flexibility index (Phi) is 5.31. The first-order chi connectivity index (χ1) is 9.09. The van der Waals surface area contributed by atoms with Crippen molar-refractivity contribution in [1.82, 2.24) is 0 Å². The Morgan fingerprint density at radius 2 is 1.89 bits per heavy atom. The SMILES string of the molecule is COCc1ccc(COC)c(S2(Br)C=CC(Br)=C2)c1. The molecule has 1 aliphatic heterocycles. The maximum absolute atomic E-state index is 5.30. The Labute approximate surface area is 131 Å². The predicted molar refractivity (Wildman–Crippen MR) is 88.8 cm³/mol. The summed E-state index contributed by atoms with van der Waals surface area (Å²) in [5, 5.41) is 4.43. The molecule has 0 N–H and O–H groups in total. The zero-order chi connectivity index (χ0) is 13.9. The van der Waals surface area contributed by atoms with Gasteiger partial charge in [0.05, 0.1) is 13.2 Å². The second-order valence-electron chi connectivity index (χ2n) is 4.24. The van der Waals surface area contributed by atoms with Crippen molar-refractivity contribution in [2.24, 2.45) is 0 Å². The third-order valence-electron chi connectivity index (χ3n) is 2.79. The van der Waals surface area contributed by atoms with Gasteiger partial charge in [-0.15, -0.1) is 8.46 Å². The molecule has 1 heterocycles. The lowest BCUT2D eigenvalue weighted by molar-refractivity contribution is 0.180. The van der Waals surface area contributed by atoms with Gasteiger partial charge in [0.25, 0.3) is 0 Å². The molecule has 0 spiro atoms. The molecule has 1 atom stereocenters. The number of rotatable bonds is 5. The molecule has 1 unspecified atom stereocenters. The van der Waals surface area contributed by atoms with Crippen LogP contribution < -0.4 is 0 Å². The summed E-state index contributed by atoms with van der Waals surface area (Å²) in [5.74, 6) is 0. The minimum atomic E-state index is -1.24. The van der Waals surface area contributed by atoms with Crippen molar-refractivity contribution in [3.8, 4) is 0 Å². The van der Waals surface area contributed by atoms with Gasteiger partial charge in [-0.2, -0.15) is 0 Å². The first-order valence-electron chi connectivity index (χ1n) is 5.77. The van der Waals surface area contributed by atoms with Crippen LogP contribution >= 0.6 is 39.2 Å². The molecule has 0 saturated heterocycles. The highest BCUT2D eigenvalue weighted by Gasteiger charge is 2.25. The van der Waals surface area contributed by atoms with E-state index in [-0.39, 0.29) is 0 Å². The standard InChI is InChI=1S/C14H16Br2O2S/c1-17-8-11-3-4-12(9-18-2)14(7-11)19(16)6-5-13(15)10-19/h3-7,10H,8-9H2,1-2H3. The molecule has 0 bridgehead atoms. The van der Waals surface area contributed by atoms with Crippen LogP contribution in [0, 0.1) is 0 Å². The molecule has 0 fully saturated rings. The van der Waals surface area contributed by atoms with Crippen LogP contribution in [0.2, 0.25) is 0 Å². The molecule has 2 rings (SSSR count). The average Bonchev–Trinajstić information content (AvgIpc) is 2.73. The van der Waals surface area contributed by atoms with Crippen LogP contribution in [0.3, 0.4) is 0 Å². The topological polar surface area (TPSA) is 18.5 Å². The van der Waals surface area contributed by atoms with Crippen molar-refractivity contribution in [2.75, 3.05) is 14.2 Å². The van der Waals surface area contributed by atoms with E-state index in [0.717, 1.165) is 4.48 Å². The summed E-state index contributed by atoms with van der Waals surface area (Å²) in [6.07, 6.45) is 2.09. The van der Waals surface area contributed by atoms with Gasteiger partial charge in [-0.05, 0) is 48.9 Å². The number of halogens is 2. The summed E-state index contributed by atoms with van der Waals surface area (Å²) in [6.45, 7) is 1.24. The van der Waals surface area contributed by atoms with Crippen molar-refractivity contribution in [3.63, 3.8) is 0 Å². The molecule has 0 amide bonds. The van der Waals surface area contributed by atoms with E-state index in [4.69, 9.17) is 9.47 Å². The fourth-order valence-electron chi connectivity index (χ4n) is 1.96. The molecule has 2 nitrogen and oxygen atoms in total. The van der Waals surface area contributed by atoms with Crippen LogP contribution in [0.1, 0.15) is 11.1 Å². The number of allylic oxidation sites excluding steroid dienone is 2. The molecule has 0 aliphatic carbocycles. The molecule has 0 radical (unpaired) electrons. The van der Waals surface area contributed by atoms with E-state index in [1.54, 1.807) is 14.2 Å². The number of hydrogen-bond donors (Lipinski definition) is 0. The lowest BCUT2D eigenvalue weighted by atomic mass is 10.1. The quantitative estimate of drug-likeness (QED) is 0.666. The van der Waals surface area contributed by atoms with Gasteiger partial charge in [0.2, 0.25) is 0 Å². The first-order valence-corrected chi connectivity index (χ1v) is 10.2.